The van der Waals surface area contributed by atoms with Gasteiger partial charge in [-0.1, -0.05) is 6.07 Å². The van der Waals surface area contributed by atoms with Crippen molar-refractivity contribution in [1.29, 1.82) is 5.26 Å². The Morgan fingerprint density at radius 1 is 1.19 bits per heavy atom. The zero-order valence-electron chi connectivity index (χ0n) is 11.2. The van der Waals surface area contributed by atoms with E-state index in [1.54, 1.807) is 6.07 Å². The van der Waals surface area contributed by atoms with Crippen molar-refractivity contribution in [2.75, 3.05) is 7.11 Å². The van der Waals surface area contributed by atoms with E-state index >= 15 is 0 Å². The first-order chi connectivity index (χ1) is 9.96. The highest BCUT2D eigenvalue weighted by Crippen LogP contribution is 2.21. The first-order valence-corrected chi connectivity index (χ1v) is 7.67. The zero-order chi connectivity index (χ0) is 15.5. The minimum absolute atomic E-state index is 0.0322. The lowest BCUT2D eigenvalue weighted by molar-refractivity contribution is 0.414. The molecule has 0 amide bonds. The van der Waals surface area contributed by atoms with Crippen LogP contribution in [0, 0.1) is 17.1 Å². The van der Waals surface area contributed by atoms with Gasteiger partial charge in [0.05, 0.1) is 29.4 Å². The monoisotopic (exact) mass is 305 g/mol. The van der Waals surface area contributed by atoms with Crippen molar-refractivity contribution in [2.45, 2.75) is 10.6 Å². The van der Waals surface area contributed by atoms with Crippen molar-refractivity contribution < 1.29 is 17.5 Å². The molecule has 0 heterocycles. The molecule has 108 valence electrons. The molecule has 0 radical (unpaired) electrons. The van der Waals surface area contributed by atoms with Crippen LogP contribution in [0.5, 0.6) is 5.75 Å². The summed E-state index contributed by atoms with van der Waals surface area (Å²) in [7, 11) is -2.18. The predicted octanol–water partition coefficient (Wildman–Crippen LogP) is 2.68. The summed E-state index contributed by atoms with van der Waals surface area (Å²) >= 11 is 0. The molecule has 0 unspecified atom stereocenters. The van der Waals surface area contributed by atoms with Gasteiger partial charge in [-0.2, -0.15) is 5.26 Å². The van der Waals surface area contributed by atoms with E-state index in [-0.39, 0.29) is 16.0 Å². The van der Waals surface area contributed by atoms with E-state index in [2.05, 4.69) is 0 Å². The summed E-state index contributed by atoms with van der Waals surface area (Å²) in [5.74, 6) is -0.624. The number of rotatable bonds is 4. The van der Waals surface area contributed by atoms with Gasteiger partial charge in [0.15, 0.2) is 9.84 Å². The van der Waals surface area contributed by atoms with Crippen molar-refractivity contribution in [1.82, 2.24) is 0 Å². The average Bonchev–Trinajstić information content (AvgIpc) is 2.49. The van der Waals surface area contributed by atoms with Gasteiger partial charge in [0.25, 0.3) is 0 Å². The highest BCUT2D eigenvalue weighted by Gasteiger charge is 2.18. The van der Waals surface area contributed by atoms with Crippen molar-refractivity contribution in [3.8, 4) is 11.8 Å². The molecule has 0 aliphatic heterocycles. The van der Waals surface area contributed by atoms with Crippen molar-refractivity contribution in [2.24, 2.45) is 0 Å². The molecule has 2 aromatic carbocycles. The largest absolute Gasteiger partial charge is 0.497 e. The van der Waals surface area contributed by atoms with Gasteiger partial charge in [0.1, 0.15) is 11.6 Å². The van der Waals surface area contributed by atoms with Crippen molar-refractivity contribution in [3.63, 3.8) is 0 Å². The van der Waals surface area contributed by atoms with E-state index in [0.717, 1.165) is 6.07 Å². The zero-order valence-corrected chi connectivity index (χ0v) is 12.0. The van der Waals surface area contributed by atoms with Crippen LogP contribution < -0.4 is 4.74 Å². The maximum Gasteiger partial charge on any atom is 0.182 e. The number of hydrogen-bond acceptors (Lipinski definition) is 4. The molecule has 0 spiro atoms. The fraction of sp³-hybridized carbons (Fsp3) is 0.133. The highest BCUT2D eigenvalue weighted by molar-refractivity contribution is 7.90. The molecule has 0 fully saturated rings. The average molecular weight is 305 g/mol. The molecule has 0 atom stereocenters. The van der Waals surface area contributed by atoms with Gasteiger partial charge in [0, 0.05) is 5.56 Å². The molecule has 6 heteroatoms. The first kappa shape index (κ1) is 15.0. The number of benzene rings is 2. The van der Waals surface area contributed by atoms with Gasteiger partial charge in [-0.25, -0.2) is 12.8 Å². The van der Waals surface area contributed by atoms with E-state index in [1.165, 1.54) is 43.5 Å². The van der Waals surface area contributed by atoms with Gasteiger partial charge in [-0.15, -0.1) is 0 Å². The number of hydrogen-bond donors (Lipinski definition) is 0. The standard InChI is InChI=1S/C15H12FNO3S/c1-20-13-4-6-14(7-5-13)21(18,19)10-12-3-2-11(9-17)8-15(12)16/h2-8H,10H2,1H3. The molecule has 0 aliphatic carbocycles. The number of sulfone groups is 1. The number of ether oxygens (including phenoxy) is 1. The fourth-order valence-electron chi connectivity index (χ4n) is 1.81. The number of nitriles is 1. The minimum atomic E-state index is -3.66. The molecule has 21 heavy (non-hydrogen) atoms. The lowest BCUT2D eigenvalue weighted by Gasteiger charge is -2.07. The SMILES string of the molecule is COc1ccc(S(=O)(=O)Cc2ccc(C#N)cc2F)cc1. The summed E-state index contributed by atoms with van der Waals surface area (Å²) in [6.07, 6.45) is 0. The number of nitrogens with zero attached hydrogens (tertiary/aromatic N) is 1. The van der Waals surface area contributed by atoms with E-state index in [1.807, 2.05) is 0 Å². The topological polar surface area (TPSA) is 67.2 Å². The van der Waals surface area contributed by atoms with E-state index in [4.69, 9.17) is 10.00 Å². The van der Waals surface area contributed by atoms with Crippen LogP contribution in [0.4, 0.5) is 4.39 Å². The second kappa shape index (κ2) is 5.94. The fourth-order valence-corrected chi connectivity index (χ4v) is 3.17. The first-order valence-electron chi connectivity index (χ1n) is 6.01. The molecule has 0 saturated heterocycles. The Labute approximate surface area is 122 Å². The number of methoxy groups -OCH3 is 1. The molecule has 0 N–H and O–H groups in total. The summed E-state index contributed by atoms with van der Waals surface area (Å²) in [5.41, 5.74) is 0.183. The van der Waals surface area contributed by atoms with Crippen LogP contribution in [0.3, 0.4) is 0 Å². The van der Waals surface area contributed by atoms with Gasteiger partial charge in [-0.3, -0.25) is 0 Å². The normalized spacial score (nSPS) is 10.9. The van der Waals surface area contributed by atoms with Crippen LogP contribution >= 0.6 is 0 Å². The Hall–Kier alpha value is -2.39. The molecule has 0 aromatic heterocycles. The molecule has 2 rings (SSSR count). The quantitative estimate of drug-likeness (QED) is 0.871. The van der Waals surface area contributed by atoms with Gasteiger partial charge < -0.3 is 4.74 Å². The third kappa shape index (κ3) is 3.38. The van der Waals surface area contributed by atoms with Gasteiger partial charge in [0.2, 0.25) is 0 Å². The minimum Gasteiger partial charge on any atom is -0.497 e. The molecule has 4 nitrogen and oxygen atoms in total. The highest BCUT2D eigenvalue weighted by atomic mass is 32.2. The van der Waals surface area contributed by atoms with Crippen LogP contribution in [0.15, 0.2) is 47.4 Å². The van der Waals surface area contributed by atoms with Gasteiger partial charge >= 0.3 is 0 Å². The summed E-state index contributed by atoms with van der Waals surface area (Å²) in [5, 5.41) is 8.67. The van der Waals surface area contributed by atoms with E-state index in [0.29, 0.717) is 5.75 Å². The summed E-state index contributed by atoms with van der Waals surface area (Å²) < 4.78 is 43.2. The molecule has 0 saturated carbocycles. The van der Waals surface area contributed by atoms with Crippen LogP contribution in [-0.2, 0) is 15.6 Å². The van der Waals surface area contributed by atoms with Crippen LogP contribution in [-0.4, -0.2) is 15.5 Å². The van der Waals surface area contributed by atoms with Crippen molar-refractivity contribution in [3.05, 3.63) is 59.4 Å². The maximum atomic E-state index is 13.8. The van der Waals surface area contributed by atoms with Gasteiger partial charge in [-0.05, 0) is 36.4 Å². The Morgan fingerprint density at radius 2 is 1.86 bits per heavy atom. The second-order valence-electron chi connectivity index (χ2n) is 4.35. The second-order valence-corrected chi connectivity index (χ2v) is 6.34. The van der Waals surface area contributed by atoms with Crippen LogP contribution in [0.1, 0.15) is 11.1 Å². The maximum absolute atomic E-state index is 13.8. The molecule has 0 aliphatic rings. The third-order valence-corrected chi connectivity index (χ3v) is 4.63. The molecular formula is C15H12FNO3S. The third-order valence-electron chi connectivity index (χ3n) is 2.95. The lowest BCUT2D eigenvalue weighted by atomic mass is 10.1. The lowest BCUT2D eigenvalue weighted by Crippen LogP contribution is -2.06. The number of halogens is 1. The smallest absolute Gasteiger partial charge is 0.182 e. The Bertz CT molecular complexity index is 793. The summed E-state index contributed by atoms with van der Waals surface area (Å²) in [6.45, 7) is 0. The van der Waals surface area contributed by atoms with Crippen LogP contribution in [0.25, 0.3) is 0 Å². The van der Waals surface area contributed by atoms with E-state index < -0.39 is 21.4 Å². The summed E-state index contributed by atoms with van der Waals surface area (Å²) in [4.78, 5) is 0.0899. The Balaban J connectivity index is 2.30. The van der Waals surface area contributed by atoms with E-state index in [9.17, 15) is 12.8 Å². The molecular weight excluding hydrogens is 293 g/mol. The molecule has 0 bridgehead atoms. The Morgan fingerprint density at radius 3 is 2.38 bits per heavy atom. The van der Waals surface area contributed by atoms with Crippen molar-refractivity contribution >= 4 is 9.84 Å². The Kier molecular flexibility index (Phi) is 4.24. The van der Waals surface area contributed by atoms with Crippen LogP contribution in [0.2, 0.25) is 0 Å². The molecule has 2 aromatic rings. The predicted molar refractivity (Wildman–Crippen MR) is 75.0 cm³/mol. The summed E-state index contributed by atoms with van der Waals surface area (Å²) in [6, 6.07) is 11.4.